The number of amides is 1. The molecular formula is C18H14ClN3O5S2. The highest BCUT2D eigenvalue weighted by Gasteiger charge is 2.22. The first-order valence-corrected chi connectivity index (χ1v) is 10.8. The fourth-order valence-corrected chi connectivity index (χ4v) is 4.95. The first-order chi connectivity index (χ1) is 13.7. The zero-order chi connectivity index (χ0) is 21.2. The molecule has 1 N–H and O–H groups in total. The molecule has 8 nitrogen and oxygen atoms in total. The third-order valence-electron chi connectivity index (χ3n) is 4.01. The minimum Gasteiger partial charge on any atom is -0.320 e. The summed E-state index contributed by atoms with van der Waals surface area (Å²) in [6.07, 6.45) is 0. The normalized spacial score (nSPS) is 11.1. The third kappa shape index (κ3) is 4.39. The number of nitrogens with zero attached hydrogens (tertiary/aromatic N) is 2. The van der Waals surface area contributed by atoms with Gasteiger partial charge in [-0.25, -0.2) is 8.42 Å². The van der Waals surface area contributed by atoms with Gasteiger partial charge in [-0.3, -0.25) is 19.2 Å². The highest BCUT2D eigenvalue weighted by molar-refractivity contribution is 7.94. The molecule has 0 radical (unpaired) electrons. The molecule has 0 aliphatic rings. The summed E-state index contributed by atoms with van der Waals surface area (Å²) in [7, 11) is -2.26. The van der Waals surface area contributed by atoms with Gasteiger partial charge < -0.3 is 5.32 Å². The molecule has 1 amide bonds. The second-order valence-electron chi connectivity index (χ2n) is 5.83. The molecule has 1 aromatic heterocycles. The molecule has 2 aromatic carbocycles. The third-order valence-corrected chi connectivity index (χ3v) is 7.50. The zero-order valence-electron chi connectivity index (χ0n) is 14.9. The van der Waals surface area contributed by atoms with Crippen molar-refractivity contribution in [3.8, 4) is 0 Å². The van der Waals surface area contributed by atoms with Gasteiger partial charge >= 0.3 is 0 Å². The monoisotopic (exact) mass is 451 g/mol. The summed E-state index contributed by atoms with van der Waals surface area (Å²) in [4.78, 5) is 22.7. The lowest BCUT2D eigenvalue weighted by Gasteiger charge is -2.18. The summed E-state index contributed by atoms with van der Waals surface area (Å²) in [5.41, 5.74) is 0.509. The maximum atomic E-state index is 12.6. The fourth-order valence-electron chi connectivity index (χ4n) is 2.42. The average Bonchev–Trinajstić information content (AvgIpc) is 3.24. The number of rotatable bonds is 6. The number of hydrogen-bond donors (Lipinski definition) is 1. The van der Waals surface area contributed by atoms with Gasteiger partial charge in [0.2, 0.25) is 0 Å². The van der Waals surface area contributed by atoms with Crippen molar-refractivity contribution < 1.29 is 18.1 Å². The summed E-state index contributed by atoms with van der Waals surface area (Å²) in [6.45, 7) is 0. The van der Waals surface area contributed by atoms with Gasteiger partial charge in [-0.15, -0.1) is 11.3 Å². The summed E-state index contributed by atoms with van der Waals surface area (Å²) in [5.74, 6) is -0.539. The van der Waals surface area contributed by atoms with Gasteiger partial charge in [-0.1, -0.05) is 17.7 Å². The molecule has 0 saturated heterocycles. The standard InChI is InChI=1S/C18H14ClN3O5S2/c1-21(29(26,27)17-3-2-10-28-17)13-6-4-12(5-7-13)18(23)20-16-11-14(22(24)25)8-9-15(16)19/h2-11H,1H3,(H,20,23). The minimum absolute atomic E-state index is 0.104. The van der Waals surface area contributed by atoms with Gasteiger partial charge in [-0.05, 0) is 41.8 Å². The predicted molar refractivity (Wildman–Crippen MR) is 112 cm³/mol. The van der Waals surface area contributed by atoms with Crippen LogP contribution in [0.3, 0.4) is 0 Å². The van der Waals surface area contributed by atoms with Crippen LogP contribution in [0.15, 0.2) is 64.2 Å². The Balaban J connectivity index is 1.79. The number of non-ortho nitro benzene ring substituents is 1. The van der Waals surface area contributed by atoms with E-state index in [4.69, 9.17) is 11.6 Å². The second-order valence-corrected chi connectivity index (χ2v) is 9.38. The van der Waals surface area contributed by atoms with Crippen LogP contribution in [0.5, 0.6) is 0 Å². The van der Waals surface area contributed by atoms with Crippen molar-refractivity contribution in [3.05, 3.63) is 80.7 Å². The van der Waals surface area contributed by atoms with Gasteiger partial charge in [0.25, 0.3) is 21.6 Å². The lowest BCUT2D eigenvalue weighted by Crippen LogP contribution is -2.25. The van der Waals surface area contributed by atoms with Crippen LogP contribution in [0.1, 0.15) is 10.4 Å². The Morgan fingerprint density at radius 3 is 2.45 bits per heavy atom. The average molecular weight is 452 g/mol. The predicted octanol–water partition coefficient (Wildman–Crippen LogP) is 4.39. The van der Waals surface area contributed by atoms with Gasteiger partial charge in [0, 0.05) is 24.7 Å². The number of halogens is 1. The van der Waals surface area contributed by atoms with Crippen LogP contribution in [0.4, 0.5) is 17.1 Å². The number of nitro groups is 1. The van der Waals surface area contributed by atoms with E-state index < -0.39 is 20.9 Å². The molecule has 3 aromatic rings. The molecule has 0 bridgehead atoms. The maximum absolute atomic E-state index is 12.6. The molecule has 1 heterocycles. The number of nitrogens with one attached hydrogen (secondary N) is 1. The van der Waals surface area contributed by atoms with Crippen molar-refractivity contribution in [1.29, 1.82) is 0 Å². The Morgan fingerprint density at radius 1 is 1.17 bits per heavy atom. The van der Waals surface area contributed by atoms with Gasteiger partial charge in [0.05, 0.1) is 21.3 Å². The maximum Gasteiger partial charge on any atom is 0.273 e. The first kappa shape index (κ1) is 20.8. The van der Waals surface area contributed by atoms with Crippen molar-refractivity contribution in [1.82, 2.24) is 0 Å². The number of thiophene rings is 1. The van der Waals surface area contributed by atoms with E-state index in [2.05, 4.69) is 5.32 Å². The van der Waals surface area contributed by atoms with Crippen LogP contribution in [-0.4, -0.2) is 26.3 Å². The van der Waals surface area contributed by atoms with Crippen LogP contribution < -0.4 is 9.62 Å². The Bertz CT molecular complexity index is 1160. The smallest absolute Gasteiger partial charge is 0.273 e. The largest absolute Gasteiger partial charge is 0.320 e. The van der Waals surface area contributed by atoms with Crippen molar-refractivity contribution in [2.75, 3.05) is 16.7 Å². The molecular weight excluding hydrogens is 438 g/mol. The number of carbonyl (C=O) groups is 1. The second kappa shape index (κ2) is 8.19. The van der Waals surface area contributed by atoms with Gasteiger partial charge in [0.15, 0.2) is 0 Å². The van der Waals surface area contributed by atoms with Gasteiger partial charge in [-0.2, -0.15) is 0 Å². The lowest BCUT2D eigenvalue weighted by molar-refractivity contribution is -0.384. The Hall–Kier alpha value is -2.95. The van der Waals surface area contributed by atoms with E-state index in [-0.39, 0.29) is 26.2 Å². The quantitative estimate of drug-likeness (QED) is 0.441. The number of nitro benzene ring substituents is 1. The van der Waals surface area contributed by atoms with Crippen molar-refractivity contribution in [2.45, 2.75) is 4.21 Å². The van der Waals surface area contributed by atoms with Crippen LogP contribution in [0, 0.1) is 10.1 Å². The number of sulfonamides is 1. The number of anilines is 2. The lowest BCUT2D eigenvalue weighted by atomic mass is 10.2. The minimum atomic E-state index is -3.68. The molecule has 0 fully saturated rings. The van der Waals surface area contributed by atoms with E-state index in [0.29, 0.717) is 5.69 Å². The molecule has 0 saturated carbocycles. The summed E-state index contributed by atoms with van der Waals surface area (Å²) in [6, 6.07) is 12.8. The van der Waals surface area contributed by atoms with E-state index in [1.807, 2.05) is 0 Å². The fraction of sp³-hybridized carbons (Fsp3) is 0.0556. The topological polar surface area (TPSA) is 110 Å². The Kier molecular flexibility index (Phi) is 5.87. The van der Waals surface area contributed by atoms with E-state index in [0.717, 1.165) is 21.7 Å². The molecule has 3 rings (SSSR count). The molecule has 0 aliphatic carbocycles. The zero-order valence-corrected chi connectivity index (χ0v) is 17.3. The summed E-state index contributed by atoms with van der Waals surface area (Å²) < 4.78 is 26.5. The van der Waals surface area contributed by atoms with Gasteiger partial charge in [0.1, 0.15) is 4.21 Å². The molecule has 0 unspecified atom stereocenters. The highest BCUT2D eigenvalue weighted by atomic mass is 35.5. The number of benzene rings is 2. The van der Waals surface area contributed by atoms with Crippen LogP contribution >= 0.6 is 22.9 Å². The van der Waals surface area contributed by atoms with Crippen molar-refractivity contribution in [2.24, 2.45) is 0 Å². The Labute approximate surface area is 175 Å². The van der Waals surface area contributed by atoms with Crippen LogP contribution in [0.25, 0.3) is 0 Å². The molecule has 0 aliphatic heterocycles. The number of hydrogen-bond acceptors (Lipinski definition) is 6. The van der Waals surface area contributed by atoms with E-state index in [9.17, 15) is 23.3 Å². The van der Waals surface area contributed by atoms with Crippen LogP contribution in [-0.2, 0) is 10.0 Å². The summed E-state index contributed by atoms with van der Waals surface area (Å²) >= 11 is 7.10. The molecule has 11 heteroatoms. The molecule has 150 valence electrons. The number of carbonyl (C=O) groups excluding carboxylic acids is 1. The summed E-state index contributed by atoms with van der Waals surface area (Å²) in [5, 5.41) is 15.2. The first-order valence-electron chi connectivity index (χ1n) is 8.08. The Morgan fingerprint density at radius 2 is 1.86 bits per heavy atom. The van der Waals surface area contributed by atoms with Crippen LogP contribution in [0.2, 0.25) is 5.02 Å². The SMILES string of the molecule is CN(c1ccc(C(=O)Nc2cc([N+](=O)[O-])ccc2Cl)cc1)S(=O)(=O)c1cccs1. The molecule has 0 atom stereocenters. The van der Waals surface area contributed by atoms with E-state index >= 15 is 0 Å². The van der Waals surface area contributed by atoms with Crippen molar-refractivity contribution >= 4 is 55.9 Å². The molecule has 29 heavy (non-hydrogen) atoms. The molecule has 0 spiro atoms. The highest BCUT2D eigenvalue weighted by Crippen LogP contribution is 2.28. The van der Waals surface area contributed by atoms with E-state index in [1.165, 1.54) is 49.5 Å². The van der Waals surface area contributed by atoms with Crippen molar-refractivity contribution in [3.63, 3.8) is 0 Å². The van der Waals surface area contributed by atoms with E-state index in [1.54, 1.807) is 11.4 Å².